The molecular weight excluding hydrogens is 158 g/mol. The Balaban J connectivity index is 3.81. The van der Waals surface area contributed by atoms with Crippen LogP contribution in [0.1, 0.15) is 20.3 Å². The van der Waals surface area contributed by atoms with Gasteiger partial charge in [-0.1, -0.05) is 0 Å². The lowest BCUT2D eigenvalue weighted by molar-refractivity contribution is -0.167. The second-order valence-electron chi connectivity index (χ2n) is 2.25. The Morgan fingerprint density at radius 3 is 2.17 bits per heavy atom. The van der Waals surface area contributed by atoms with Gasteiger partial charge in [0.2, 0.25) is 6.29 Å². The minimum absolute atomic E-state index is 0.0822. The number of rotatable bonds is 7. The van der Waals surface area contributed by atoms with Gasteiger partial charge >= 0.3 is 0 Å². The van der Waals surface area contributed by atoms with Crippen LogP contribution in [0, 0.1) is 0 Å². The molecule has 0 amide bonds. The molecule has 72 valence electrons. The molecule has 0 saturated carbocycles. The van der Waals surface area contributed by atoms with Crippen molar-refractivity contribution in [2.75, 3.05) is 19.8 Å². The lowest BCUT2D eigenvalue weighted by Gasteiger charge is -2.14. The summed E-state index contributed by atoms with van der Waals surface area (Å²) in [5.41, 5.74) is 5.23. The van der Waals surface area contributed by atoms with E-state index in [1.165, 1.54) is 0 Å². The first-order valence-electron chi connectivity index (χ1n) is 4.22. The van der Waals surface area contributed by atoms with Crippen molar-refractivity contribution in [3.63, 3.8) is 0 Å². The molecule has 0 aromatic carbocycles. The van der Waals surface area contributed by atoms with Gasteiger partial charge in [0, 0.05) is 19.6 Å². The highest BCUT2D eigenvalue weighted by Crippen LogP contribution is 1.99. The molecular formula is C8H17NO3. The fraction of sp³-hybridized carbons (Fsp3) is 0.875. The minimum atomic E-state index is -0.719. The topological polar surface area (TPSA) is 61.5 Å². The SMILES string of the molecule is CCOC(OCC)C(=O)CCN. The molecule has 0 aromatic heterocycles. The zero-order valence-corrected chi connectivity index (χ0v) is 7.71. The van der Waals surface area contributed by atoms with Crippen LogP contribution in [0.4, 0.5) is 0 Å². The average Bonchev–Trinajstić information content (AvgIpc) is 2.04. The van der Waals surface area contributed by atoms with Gasteiger partial charge in [0.1, 0.15) is 0 Å². The van der Waals surface area contributed by atoms with Crippen molar-refractivity contribution in [2.45, 2.75) is 26.6 Å². The molecule has 0 fully saturated rings. The van der Waals surface area contributed by atoms with Crippen LogP contribution in [0.25, 0.3) is 0 Å². The number of ether oxygens (including phenoxy) is 2. The van der Waals surface area contributed by atoms with Crippen LogP contribution in [0.5, 0.6) is 0 Å². The number of carbonyl (C=O) groups is 1. The average molecular weight is 175 g/mol. The Labute approximate surface area is 73.0 Å². The Morgan fingerprint density at radius 2 is 1.83 bits per heavy atom. The summed E-state index contributed by atoms with van der Waals surface area (Å²) in [6.45, 7) is 4.93. The van der Waals surface area contributed by atoms with Crippen LogP contribution in [0.3, 0.4) is 0 Å². The van der Waals surface area contributed by atoms with Gasteiger partial charge in [-0.15, -0.1) is 0 Å². The van der Waals surface area contributed by atoms with Gasteiger partial charge in [-0.3, -0.25) is 4.79 Å². The molecule has 0 heterocycles. The normalized spacial score (nSPS) is 10.7. The van der Waals surface area contributed by atoms with Gasteiger partial charge in [0.05, 0.1) is 0 Å². The molecule has 0 radical (unpaired) electrons. The van der Waals surface area contributed by atoms with Crippen molar-refractivity contribution in [3.8, 4) is 0 Å². The number of carbonyl (C=O) groups excluding carboxylic acids is 1. The highest BCUT2D eigenvalue weighted by molar-refractivity contribution is 5.81. The maximum atomic E-state index is 11.2. The molecule has 4 nitrogen and oxygen atoms in total. The van der Waals surface area contributed by atoms with E-state index in [4.69, 9.17) is 15.2 Å². The second-order valence-corrected chi connectivity index (χ2v) is 2.25. The van der Waals surface area contributed by atoms with Crippen molar-refractivity contribution in [3.05, 3.63) is 0 Å². The third-order valence-corrected chi connectivity index (χ3v) is 1.29. The first-order chi connectivity index (χ1) is 5.76. The molecule has 0 aliphatic rings. The number of Topliss-reactive ketones (excluding diaryl/α,β-unsaturated/α-hetero) is 1. The lowest BCUT2D eigenvalue weighted by Crippen LogP contribution is -2.29. The summed E-state index contributed by atoms with van der Waals surface area (Å²) in [4.78, 5) is 11.2. The van der Waals surface area contributed by atoms with Crippen molar-refractivity contribution in [1.82, 2.24) is 0 Å². The summed E-state index contributed by atoms with van der Waals surface area (Å²) in [5, 5.41) is 0. The van der Waals surface area contributed by atoms with Gasteiger partial charge < -0.3 is 15.2 Å². The molecule has 0 bridgehead atoms. The summed E-state index contributed by atoms with van der Waals surface area (Å²) in [5.74, 6) is -0.0822. The first kappa shape index (κ1) is 11.6. The van der Waals surface area contributed by atoms with Crippen molar-refractivity contribution in [2.24, 2.45) is 5.73 Å². The minimum Gasteiger partial charge on any atom is -0.346 e. The Hall–Kier alpha value is -0.450. The van der Waals surface area contributed by atoms with E-state index >= 15 is 0 Å². The fourth-order valence-corrected chi connectivity index (χ4v) is 0.797. The summed E-state index contributed by atoms with van der Waals surface area (Å²) in [6, 6.07) is 0. The Bertz CT molecular complexity index is 121. The molecule has 4 heteroatoms. The Kier molecular flexibility index (Phi) is 6.94. The molecule has 0 aliphatic carbocycles. The van der Waals surface area contributed by atoms with E-state index in [0.717, 1.165) is 0 Å². The van der Waals surface area contributed by atoms with E-state index in [9.17, 15) is 4.79 Å². The van der Waals surface area contributed by atoms with Gasteiger partial charge in [-0.25, -0.2) is 0 Å². The summed E-state index contributed by atoms with van der Waals surface area (Å²) in [6.07, 6.45) is -0.409. The molecule has 12 heavy (non-hydrogen) atoms. The number of nitrogens with two attached hydrogens (primary N) is 1. The quantitative estimate of drug-likeness (QED) is 0.565. The highest BCUT2D eigenvalue weighted by atomic mass is 16.7. The summed E-state index contributed by atoms with van der Waals surface area (Å²) < 4.78 is 10.1. The van der Waals surface area contributed by atoms with Gasteiger partial charge in [-0.2, -0.15) is 0 Å². The van der Waals surface area contributed by atoms with E-state index < -0.39 is 6.29 Å². The number of hydrogen-bond acceptors (Lipinski definition) is 4. The first-order valence-corrected chi connectivity index (χ1v) is 4.22. The monoisotopic (exact) mass is 175 g/mol. The number of ketones is 1. The van der Waals surface area contributed by atoms with Crippen LogP contribution in [0.15, 0.2) is 0 Å². The standard InChI is InChI=1S/C8H17NO3/c1-3-11-8(12-4-2)7(10)5-6-9/h8H,3-6,9H2,1-2H3. The zero-order chi connectivity index (χ0) is 9.40. The van der Waals surface area contributed by atoms with Crippen LogP contribution in [-0.2, 0) is 14.3 Å². The molecule has 2 N–H and O–H groups in total. The van der Waals surface area contributed by atoms with E-state index in [0.29, 0.717) is 26.2 Å². The van der Waals surface area contributed by atoms with E-state index in [1.807, 2.05) is 13.8 Å². The predicted molar refractivity (Wildman–Crippen MR) is 45.7 cm³/mol. The third kappa shape index (κ3) is 4.43. The maximum Gasteiger partial charge on any atom is 0.217 e. The molecule has 0 saturated heterocycles. The largest absolute Gasteiger partial charge is 0.346 e. The van der Waals surface area contributed by atoms with Crippen molar-refractivity contribution in [1.29, 1.82) is 0 Å². The molecule has 0 spiro atoms. The van der Waals surface area contributed by atoms with Crippen LogP contribution < -0.4 is 5.73 Å². The molecule has 0 aromatic rings. The van der Waals surface area contributed by atoms with Crippen LogP contribution in [-0.4, -0.2) is 31.8 Å². The smallest absolute Gasteiger partial charge is 0.217 e. The van der Waals surface area contributed by atoms with Gasteiger partial charge in [0.25, 0.3) is 0 Å². The van der Waals surface area contributed by atoms with E-state index in [2.05, 4.69) is 0 Å². The molecule has 0 atom stereocenters. The van der Waals surface area contributed by atoms with E-state index in [1.54, 1.807) is 0 Å². The molecule has 0 unspecified atom stereocenters. The zero-order valence-electron chi connectivity index (χ0n) is 7.71. The van der Waals surface area contributed by atoms with E-state index in [-0.39, 0.29) is 5.78 Å². The molecule has 0 aliphatic heterocycles. The van der Waals surface area contributed by atoms with Gasteiger partial charge in [0.15, 0.2) is 5.78 Å². The fourth-order valence-electron chi connectivity index (χ4n) is 0.797. The summed E-state index contributed by atoms with van der Waals surface area (Å²) in [7, 11) is 0. The Morgan fingerprint density at radius 1 is 1.33 bits per heavy atom. The predicted octanol–water partition coefficient (Wildman–Crippen LogP) is 0.303. The molecule has 0 rings (SSSR count). The number of hydrogen-bond donors (Lipinski definition) is 1. The second kappa shape index (κ2) is 7.21. The van der Waals surface area contributed by atoms with Gasteiger partial charge in [-0.05, 0) is 20.4 Å². The highest BCUT2D eigenvalue weighted by Gasteiger charge is 2.16. The van der Waals surface area contributed by atoms with Crippen LogP contribution in [0.2, 0.25) is 0 Å². The third-order valence-electron chi connectivity index (χ3n) is 1.29. The van der Waals surface area contributed by atoms with Crippen LogP contribution >= 0.6 is 0 Å². The van der Waals surface area contributed by atoms with Crippen molar-refractivity contribution < 1.29 is 14.3 Å². The summed E-state index contributed by atoms with van der Waals surface area (Å²) >= 11 is 0. The lowest BCUT2D eigenvalue weighted by atomic mass is 10.3. The maximum absolute atomic E-state index is 11.2. The van der Waals surface area contributed by atoms with Crippen molar-refractivity contribution >= 4 is 5.78 Å².